The van der Waals surface area contributed by atoms with Gasteiger partial charge in [-0.05, 0) is 13.8 Å². The van der Waals surface area contributed by atoms with Gasteiger partial charge in [-0.2, -0.15) is 0 Å². The van der Waals surface area contributed by atoms with Gasteiger partial charge in [-0.25, -0.2) is 4.98 Å². The number of hydrogen-bond acceptors (Lipinski definition) is 3. The zero-order valence-electron chi connectivity index (χ0n) is 10.3. The molecule has 0 aliphatic rings. The average Bonchev–Trinajstić information content (AvgIpc) is 2.47. The third-order valence-corrected chi connectivity index (χ3v) is 4.43. The lowest BCUT2D eigenvalue weighted by atomic mass is 9.96. The highest BCUT2D eigenvalue weighted by Gasteiger charge is 2.27. The van der Waals surface area contributed by atoms with Crippen LogP contribution in [0.4, 0.5) is 0 Å². The van der Waals surface area contributed by atoms with Gasteiger partial charge in [0.2, 0.25) is 0 Å². The molecule has 0 aliphatic heterocycles. The Morgan fingerprint density at radius 2 is 1.80 bits per heavy atom. The van der Waals surface area contributed by atoms with Gasteiger partial charge in [-0.15, -0.1) is 11.7 Å². The first kappa shape index (κ1) is 13.0. The molecule has 1 aromatic rings. The second-order valence-corrected chi connectivity index (χ2v) is 7.16. The maximum Gasteiger partial charge on any atom is 0.114 e. The number of imidazole rings is 1. The van der Waals surface area contributed by atoms with E-state index in [1.54, 1.807) is 0 Å². The van der Waals surface area contributed by atoms with E-state index in [9.17, 15) is 0 Å². The Hall–Kier alpha value is -0.0900. The van der Waals surface area contributed by atoms with E-state index in [-0.39, 0.29) is 10.2 Å². The van der Waals surface area contributed by atoms with E-state index >= 15 is 0 Å². The van der Waals surface area contributed by atoms with Crippen LogP contribution in [0.15, 0.2) is 6.20 Å². The largest absolute Gasteiger partial charge is 0.337 e. The Labute approximate surface area is 102 Å². The van der Waals surface area contributed by atoms with E-state index in [0.717, 1.165) is 11.5 Å². The van der Waals surface area contributed by atoms with Gasteiger partial charge in [0, 0.05) is 18.7 Å². The van der Waals surface area contributed by atoms with Crippen LogP contribution in [0.3, 0.4) is 0 Å². The highest BCUT2D eigenvalue weighted by atomic mass is 33.1. The molecule has 0 fully saturated rings. The van der Waals surface area contributed by atoms with Gasteiger partial charge in [0.25, 0.3) is 0 Å². The lowest BCUT2D eigenvalue weighted by molar-refractivity contribution is 0.521. The van der Waals surface area contributed by atoms with Gasteiger partial charge in [-0.3, -0.25) is 0 Å². The van der Waals surface area contributed by atoms with Crippen molar-refractivity contribution in [2.24, 2.45) is 7.05 Å². The molecule has 2 nitrogen and oxygen atoms in total. The summed E-state index contributed by atoms with van der Waals surface area (Å²) in [6.07, 6.45) is 2.10. The minimum absolute atomic E-state index is 0.0373. The van der Waals surface area contributed by atoms with Crippen molar-refractivity contribution in [3.8, 4) is 0 Å². The molecule has 15 heavy (non-hydrogen) atoms. The zero-order valence-corrected chi connectivity index (χ0v) is 12.0. The summed E-state index contributed by atoms with van der Waals surface area (Å²) in [6, 6.07) is 0. The van der Waals surface area contributed by atoms with Gasteiger partial charge < -0.3 is 4.57 Å². The quantitative estimate of drug-likeness (QED) is 0.633. The summed E-state index contributed by atoms with van der Waals surface area (Å²) >= 11 is 4.30. The van der Waals surface area contributed by atoms with E-state index in [1.165, 1.54) is 10.8 Å². The molecule has 0 atom stereocenters. The maximum absolute atomic E-state index is 4.72. The molecule has 0 saturated carbocycles. The van der Waals surface area contributed by atoms with Crippen LogP contribution in [0.1, 0.15) is 46.1 Å². The number of aromatic nitrogens is 2. The van der Waals surface area contributed by atoms with Crippen molar-refractivity contribution in [3.63, 3.8) is 0 Å². The Balaban J connectivity index is 3.17. The number of aryl methyl sites for hydroxylation is 1. The van der Waals surface area contributed by atoms with Crippen molar-refractivity contribution in [2.45, 2.75) is 44.8 Å². The predicted octanol–water partition coefficient (Wildman–Crippen LogP) is 3.53. The third-order valence-electron chi connectivity index (χ3n) is 2.39. The van der Waals surface area contributed by atoms with Crippen molar-refractivity contribution in [2.75, 3.05) is 0 Å². The van der Waals surface area contributed by atoms with Crippen LogP contribution >= 0.6 is 22.5 Å². The molecule has 0 radical (unpaired) electrons. The van der Waals surface area contributed by atoms with E-state index in [0.29, 0.717) is 0 Å². The first-order chi connectivity index (χ1) is 6.68. The van der Waals surface area contributed by atoms with E-state index in [1.807, 2.05) is 0 Å². The molecule has 0 bridgehead atoms. The summed E-state index contributed by atoms with van der Waals surface area (Å²) < 4.78 is 2.07. The van der Waals surface area contributed by atoms with E-state index in [4.69, 9.17) is 4.98 Å². The van der Waals surface area contributed by atoms with Crippen molar-refractivity contribution < 1.29 is 0 Å². The molecule has 0 amide bonds. The van der Waals surface area contributed by atoms with Crippen LogP contribution in [-0.4, -0.2) is 9.55 Å². The smallest absolute Gasteiger partial charge is 0.114 e. The second kappa shape index (κ2) is 4.06. The first-order valence-electron chi connectivity index (χ1n) is 5.05. The van der Waals surface area contributed by atoms with Crippen LogP contribution in [0.25, 0.3) is 0 Å². The number of thiol groups is 1. The van der Waals surface area contributed by atoms with Crippen molar-refractivity contribution in [1.82, 2.24) is 9.55 Å². The summed E-state index contributed by atoms with van der Waals surface area (Å²) in [6.45, 7) is 10.8. The molecular formula is C11H20N2S2. The fourth-order valence-electron chi connectivity index (χ4n) is 1.50. The Bertz CT molecular complexity index is 348. The summed E-state index contributed by atoms with van der Waals surface area (Å²) in [5.74, 6) is 1.12. The molecule has 0 saturated heterocycles. The predicted molar refractivity (Wildman–Crippen MR) is 71.5 cm³/mol. The average molecular weight is 244 g/mol. The fourth-order valence-corrected chi connectivity index (χ4v) is 1.97. The van der Waals surface area contributed by atoms with Gasteiger partial charge >= 0.3 is 0 Å². The molecule has 0 unspecified atom stereocenters. The lowest BCUT2D eigenvalue weighted by Gasteiger charge is -2.19. The highest BCUT2D eigenvalue weighted by Crippen LogP contribution is 2.38. The highest BCUT2D eigenvalue weighted by molar-refractivity contribution is 8.68. The molecule has 0 spiro atoms. The van der Waals surface area contributed by atoms with Crippen LogP contribution in [0, 0.1) is 0 Å². The van der Waals surface area contributed by atoms with Crippen LogP contribution in [0.2, 0.25) is 0 Å². The van der Waals surface area contributed by atoms with Gasteiger partial charge in [0.15, 0.2) is 0 Å². The van der Waals surface area contributed by atoms with Crippen molar-refractivity contribution in [1.29, 1.82) is 0 Å². The number of rotatable bonds is 2. The van der Waals surface area contributed by atoms with Crippen LogP contribution < -0.4 is 0 Å². The monoisotopic (exact) mass is 244 g/mol. The minimum Gasteiger partial charge on any atom is -0.337 e. The van der Waals surface area contributed by atoms with Gasteiger partial charge in [0.1, 0.15) is 5.82 Å². The number of nitrogens with zero attached hydrogens (tertiary/aromatic N) is 2. The molecule has 4 heteroatoms. The zero-order chi connectivity index (χ0) is 11.9. The Morgan fingerprint density at radius 1 is 1.27 bits per heavy atom. The van der Waals surface area contributed by atoms with E-state index in [2.05, 4.69) is 64.1 Å². The number of hydrogen-bond donors (Lipinski definition) is 1. The standard InChI is InChI=1S/C11H20N2S2/c1-10(2,3)9-12-8(7-13(9)6)11(4,5)15-14/h7,14H,1-6H3. The second-order valence-electron chi connectivity index (χ2n) is 5.41. The normalized spacial score (nSPS) is 13.3. The fraction of sp³-hybridized carbons (Fsp3) is 0.727. The molecular weight excluding hydrogens is 224 g/mol. The topological polar surface area (TPSA) is 17.8 Å². The Kier molecular flexibility index (Phi) is 3.51. The molecule has 0 aromatic carbocycles. The molecule has 0 aliphatic carbocycles. The van der Waals surface area contributed by atoms with Crippen molar-refractivity contribution in [3.05, 3.63) is 17.7 Å². The third kappa shape index (κ3) is 2.72. The summed E-state index contributed by atoms with van der Waals surface area (Å²) in [5.41, 5.74) is 1.18. The summed E-state index contributed by atoms with van der Waals surface area (Å²) in [7, 11) is 3.58. The molecule has 86 valence electrons. The molecule has 0 N–H and O–H groups in total. The molecule has 1 rings (SSSR count). The molecule has 1 heterocycles. The van der Waals surface area contributed by atoms with Crippen LogP contribution in [-0.2, 0) is 17.2 Å². The summed E-state index contributed by atoms with van der Waals surface area (Å²) in [4.78, 5) is 4.72. The van der Waals surface area contributed by atoms with E-state index < -0.39 is 0 Å². The minimum atomic E-state index is -0.0373. The van der Waals surface area contributed by atoms with Gasteiger partial charge in [0.05, 0.1) is 10.4 Å². The van der Waals surface area contributed by atoms with Gasteiger partial charge in [-0.1, -0.05) is 31.6 Å². The lowest BCUT2D eigenvalue weighted by Crippen LogP contribution is -2.17. The van der Waals surface area contributed by atoms with Crippen molar-refractivity contribution >= 4 is 22.5 Å². The van der Waals surface area contributed by atoms with Crippen LogP contribution in [0.5, 0.6) is 0 Å². The maximum atomic E-state index is 4.72. The SMILES string of the molecule is Cn1cc(C(C)(C)SS)nc1C(C)(C)C. The molecule has 1 aromatic heterocycles. The Morgan fingerprint density at radius 3 is 2.13 bits per heavy atom. The summed E-state index contributed by atoms with van der Waals surface area (Å²) in [5, 5.41) is 0. The first-order valence-corrected chi connectivity index (χ1v) is 6.92.